The van der Waals surface area contributed by atoms with Gasteiger partial charge >= 0.3 is 6.18 Å². The predicted molar refractivity (Wildman–Crippen MR) is 72.1 cm³/mol. The van der Waals surface area contributed by atoms with E-state index in [1.165, 1.54) is 23.7 Å². The first-order valence-corrected chi connectivity index (χ1v) is 6.90. The summed E-state index contributed by atoms with van der Waals surface area (Å²) in [6.07, 6.45) is -0.0299. The molecule has 0 aliphatic heterocycles. The highest BCUT2D eigenvalue weighted by Gasteiger charge is 2.34. The number of nitrogens with one attached hydrogen (secondary N) is 1. The van der Waals surface area contributed by atoms with Crippen LogP contribution in [0.4, 0.5) is 19.0 Å². The van der Waals surface area contributed by atoms with Crippen molar-refractivity contribution in [1.29, 1.82) is 0 Å². The number of hydrogen-bond donors (Lipinski definition) is 1. The van der Waals surface area contributed by atoms with Crippen molar-refractivity contribution in [3.05, 3.63) is 40.7 Å². The van der Waals surface area contributed by atoms with E-state index in [4.69, 9.17) is 0 Å². The smallest absolute Gasteiger partial charge is 0.359 e. The fourth-order valence-corrected chi connectivity index (χ4v) is 2.53. The van der Waals surface area contributed by atoms with Crippen molar-refractivity contribution in [1.82, 2.24) is 19.6 Å². The maximum Gasteiger partial charge on any atom is 0.435 e. The second-order valence-electron chi connectivity index (χ2n) is 4.37. The van der Waals surface area contributed by atoms with E-state index >= 15 is 0 Å². The molecule has 0 aliphatic carbocycles. The fourth-order valence-electron chi connectivity index (χ4n) is 1.89. The normalized spacial score (nSPS) is 13.5. The van der Waals surface area contributed by atoms with Crippen LogP contribution in [0.3, 0.4) is 0 Å². The molecule has 0 amide bonds. The number of aromatic nitrogens is 4. The molecule has 0 fully saturated rings. The van der Waals surface area contributed by atoms with Crippen molar-refractivity contribution < 1.29 is 13.2 Å². The van der Waals surface area contributed by atoms with E-state index in [9.17, 15) is 13.2 Å². The molecule has 0 aromatic carbocycles. The standard InChI is InChI=1S/C12H10F3N5S/c1-7(11-17-3-5-21-11)18-10-8-6-9(12(13,14)15)19-20(8)4-2-16-10/h2-7H,1H3,(H,16,18). The van der Waals surface area contributed by atoms with Gasteiger partial charge in [0.05, 0.1) is 6.04 Å². The number of hydrogen-bond acceptors (Lipinski definition) is 5. The van der Waals surface area contributed by atoms with Gasteiger partial charge in [0, 0.05) is 30.0 Å². The Labute approximate surface area is 121 Å². The SMILES string of the molecule is CC(Nc1nccn2nc(C(F)(F)F)cc12)c1nccs1. The quantitative estimate of drug-likeness (QED) is 0.805. The highest BCUT2D eigenvalue weighted by Crippen LogP contribution is 2.30. The Kier molecular flexibility index (Phi) is 3.28. The van der Waals surface area contributed by atoms with E-state index in [-0.39, 0.29) is 11.6 Å². The molecule has 1 atom stereocenters. The fraction of sp³-hybridized carbons (Fsp3) is 0.250. The Morgan fingerprint density at radius 2 is 2.10 bits per heavy atom. The monoisotopic (exact) mass is 313 g/mol. The van der Waals surface area contributed by atoms with E-state index in [0.29, 0.717) is 5.82 Å². The lowest BCUT2D eigenvalue weighted by Crippen LogP contribution is -2.08. The van der Waals surface area contributed by atoms with Crippen LogP contribution in [0.25, 0.3) is 5.52 Å². The Bertz CT molecular complexity index is 750. The summed E-state index contributed by atoms with van der Waals surface area (Å²) in [6, 6.07) is 0.817. The number of anilines is 1. The molecule has 9 heteroatoms. The maximum atomic E-state index is 12.7. The van der Waals surface area contributed by atoms with E-state index < -0.39 is 11.9 Å². The molecule has 0 aliphatic rings. The number of rotatable bonds is 3. The highest BCUT2D eigenvalue weighted by molar-refractivity contribution is 7.09. The number of halogens is 3. The van der Waals surface area contributed by atoms with Crippen LogP contribution >= 0.6 is 11.3 Å². The summed E-state index contributed by atoms with van der Waals surface area (Å²) in [5.41, 5.74) is -0.673. The van der Waals surface area contributed by atoms with Crippen molar-refractivity contribution in [3.8, 4) is 0 Å². The van der Waals surface area contributed by atoms with E-state index in [1.807, 2.05) is 12.3 Å². The van der Waals surface area contributed by atoms with Gasteiger partial charge in [0.15, 0.2) is 11.5 Å². The molecule has 3 aromatic rings. The van der Waals surface area contributed by atoms with Crippen LogP contribution in [0.2, 0.25) is 0 Å². The first kappa shape index (κ1) is 13.8. The van der Waals surface area contributed by atoms with Crippen molar-refractivity contribution in [2.45, 2.75) is 19.1 Å². The molecule has 0 spiro atoms. The third kappa shape index (κ3) is 2.68. The molecule has 3 heterocycles. The molecule has 0 bridgehead atoms. The number of fused-ring (bicyclic) bond motifs is 1. The largest absolute Gasteiger partial charge is 0.435 e. The summed E-state index contributed by atoms with van der Waals surface area (Å²) < 4.78 is 39.3. The summed E-state index contributed by atoms with van der Waals surface area (Å²) >= 11 is 1.46. The van der Waals surface area contributed by atoms with Crippen molar-refractivity contribution >= 4 is 22.7 Å². The first-order valence-electron chi connectivity index (χ1n) is 6.02. The molecular weight excluding hydrogens is 303 g/mol. The van der Waals surface area contributed by atoms with E-state index in [2.05, 4.69) is 20.4 Å². The van der Waals surface area contributed by atoms with Gasteiger partial charge in [-0.1, -0.05) is 0 Å². The van der Waals surface area contributed by atoms with Gasteiger partial charge in [-0.25, -0.2) is 14.5 Å². The van der Waals surface area contributed by atoms with Crippen LogP contribution in [-0.4, -0.2) is 19.6 Å². The average Bonchev–Trinajstić information content (AvgIpc) is 3.07. The molecule has 0 saturated heterocycles. The third-order valence-corrected chi connectivity index (χ3v) is 3.81. The van der Waals surface area contributed by atoms with Crippen LogP contribution in [0.5, 0.6) is 0 Å². The van der Waals surface area contributed by atoms with Crippen molar-refractivity contribution in [2.24, 2.45) is 0 Å². The van der Waals surface area contributed by atoms with Gasteiger partial charge in [0.1, 0.15) is 10.5 Å². The molecule has 5 nitrogen and oxygen atoms in total. The Morgan fingerprint density at radius 3 is 2.76 bits per heavy atom. The van der Waals surface area contributed by atoms with Gasteiger partial charge < -0.3 is 5.32 Å². The van der Waals surface area contributed by atoms with Gasteiger partial charge in [-0.15, -0.1) is 11.3 Å². The first-order chi connectivity index (χ1) is 9.95. The van der Waals surface area contributed by atoms with E-state index in [0.717, 1.165) is 15.6 Å². The molecule has 21 heavy (non-hydrogen) atoms. The Balaban J connectivity index is 1.97. The lowest BCUT2D eigenvalue weighted by atomic mass is 10.3. The highest BCUT2D eigenvalue weighted by atomic mass is 32.1. The summed E-state index contributed by atoms with van der Waals surface area (Å²) in [4.78, 5) is 8.25. The topological polar surface area (TPSA) is 55.1 Å². The lowest BCUT2D eigenvalue weighted by Gasteiger charge is -2.12. The molecule has 110 valence electrons. The van der Waals surface area contributed by atoms with Gasteiger partial charge in [-0.2, -0.15) is 18.3 Å². The van der Waals surface area contributed by atoms with Crippen LogP contribution in [-0.2, 0) is 6.18 Å². The molecule has 3 aromatic heterocycles. The van der Waals surface area contributed by atoms with Crippen molar-refractivity contribution in [2.75, 3.05) is 5.32 Å². The number of nitrogens with zero attached hydrogens (tertiary/aromatic N) is 4. The molecule has 1 N–H and O–H groups in total. The summed E-state index contributed by atoms with van der Waals surface area (Å²) in [6.45, 7) is 1.87. The molecule has 3 rings (SSSR count). The van der Waals surface area contributed by atoms with Crippen LogP contribution < -0.4 is 5.32 Å². The van der Waals surface area contributed by atoms with Crippen LogP contribution in [0, 0.1) is 0 Å². The minimum Gasteiger partial charge on any atom is -0.359 e. The average molecular weight is 313 g/mol. The molecule has 0 radical (unpaired) electrons. The Hall–Kier alpha value is -2.16. The van der Waals surface area contributed by atoms with Crippen LogP contribution in [0.1, 0.15) is 23.7 Å². The van der Waals surface area contributed by atoms with Gasteiger partial charge in [0.25, 0.3) is 0 Å². The minimum atomic E-state index is -4.48. The van der Waals surface area contributed by atoms with Gasteiger partial charge in [-0.3, -0.25) is 0 Å². The van der Waals surface area contributed by atoms with Crippen LogP contribution in [0.15, 0.2) is 30.0 Å². The van der Waals surface area contributed by atoms with Gasteiger partial charge in [0.2, 0.25) is 0 Å². The molecular formula is C12H10F3N5S. The van der Waals surface area contributed by atoms with Crippen molar-refractivity contribution in [3.63, 3.8) is 0 Å². The summed E-state index contributed by atoms with van der Waals surface area (Å²) in [7, 11) is 0. The zero-order valence-corrected chi connectivity index (χ0v) is 11.6. The zero-order valence-electron chi connectivity index (χ0n) is 10.8. The third-order valence-electron chi connectivity index (χ3n) is 2.86. The predicted octanol–water partition coefficient (Wildman–Crippen LogP) is 3.38. The molecule has 1 unspecified atom stereocenters. The summed E-state index contributed by atoms with van der Waals surface area (Å²) in [5.74, 6) is 0.336. The second-order valence-corrected chi connectivity index (χ2v) is 5.30. The number of alkyl halides is 3. The maximum absolute atomic E-state index is 12.7. The lowest BCUT2D eigenvalue weighted by molar-refractivity contribution is -0.141. The minimum absolute atomic E-state index is 0.159. The molecule has 0 saturated carbocycles. The van der Waals surface area contributed by atoms with Gasteiger partial charge in [-0.05, 0) is 6.92 Å². The zero-order chi connectivity index (χ0) is 15.0. The number of thiazole rings is 1. The van der Waals surface area contributed by atoms with E-state index in [1.54, 1.807) is 6.20 Å². The Morgan fingerprint density at radius 1 is 1.29 bits per heavy atom. The second kappa shape index (κ2) is 4.99. The summed E-state index contributed by atoms with van der Waals surface area (Å²) in [5, 5.41) is 9.24.